The first-order valence-electron chi connectivity index (χ1n) is 3.31. The Bertz CT molecular complexity index is 301. The molecule has 1 aromatic carbocycles. The molecule has 4 N–H and O–H groups in total. The van der Waals surface area contributed by atoms with Crippen molar-refractivity contribution in [1.29, 1.82) is 0 Å². The minimum Gasteiger partial charge on any atom is -0.506 e. The van der Waals surface area contributed by atoms with E-state index in [0.29, 0.717) is 0 Å². The van der Waals surface area contributed by atoms with Crippen LogP contribution >= 0.6 is 11.6 Å². The Hall–Kier alpha value is -1.42. The van der Waals surface area contributed by atoms with E-state index in [1.54, 1.807) is 0 Å². The van der Waals surface area contributed by atoms with E-state index < -0.39 is 5.97 Å². The Morgan fingerprint density at radius 1 is 1.46 bits per heavy atom. The molecule has 4 nitrogen and oxygen atoms in total. The van der Waals surface area contributed by atoms with Crippen molar-refractivity contribution in [2.45, 2.75) is 0 Å². The molecular formula is C8H10ClNO3. The van der Waals surface area contributed by atoms with Crippen molar-refractivity contribution in [2.75, 3.05) is 12.1 Å². The molecule has 0 aliphatic carbocycles. The van der Waals surface area contributed by atoms with Crippen LogP contribution in [-0.4, -0.2) is 22.6 Å². The smallest absolute Gasteiger partial charge is 0.335 e. The Labute approximate surface area is 80.6 Å². The molecule has 0 heterocycles. The zero-order chi connectivity index (χ0) is 10.4. The number of carboxylic acids is 1. The van der Waals surface area contributed by atoms with Gasteiger partial charge in [-0.25, -0.2) is 4.79 Å². The van der Waals surface area contributed by atoms with Crippen LogP contribution in [0.15, 0.2) is 18.2 Å². The largest absolute Gasteiger partial charge is 0.506 e. The number of alkyl halides is 1. The van der Waals surface area contributed by atoms with E-state index in [2.05, 4.69) is 11.6 Å². The number of rotatable bonds is 1. The third-order valence-electron chi connectivity index (χ3n) is 1.27. The molecule has 13 heavy (non-hydrogen) atoms. The molecule has 0 saturated heterocycles. The summed E-state index contributed by atoms with van der Waals surface area (Å²) in [6, 6.07) is 3.74. The van der Waals surface area contributed by atoms with Crippen LogP contribution in [0.4, 0.5) is 5.69 Å². The third-order valence-corrected chi connectivity index (χ3v) is 1.27. The van der Waals surface area contributed by atoms with Crippen molar-refractivity contribution < 1.29 is 15.0 Å². The summed E-state index contributed by atoms with van der Waals surface area (Å²) in [5.41, 5.74) is 5.39. The van der Waals surface area contributed by atoms with Crippen LogP contribution in [-0.2, 0) is 0 Å². The molecule has 0 fully saturated rings. The number of aromatic carboxylic acids is 1. The van der Waals surface area contributed by atoms with Crippen molar-refractivity contribution in [3.8, 4) is 5.75 Å². The summed E-state index contributed by atoms with van der Waals surface area (Å²) in [6.45, 7) is 0. The number of carboxylic acid groups (broad SMARTS) is 1. The van der Waals surface area contributed by atoms with Crippen LogP contribution in [0.1, 0.15) is 10.4 Å². The van der Waals surface area contributed by atoms with E-state index in [-0.39, 0.29) is 17.0 Å². The van der Waals surface area contributed by atoms with E-state index in [4.69, 9.17) is 15.9 Å². The van der Waals surface area contributed by atoms with Crippen LogP contribution in [0.2, 0.25) is 0 Å². The van der Waals surface area contributed by atoms with Crippen LogP contribution < -0.4 is 5.73 Å². The summed E-state index contributed by atoms with van der Waals surface area (Å²) in [5.74, 6) is -1.16. The molecule has 0 saturated carbocycles. The molecule has 0 bridgehead atoms. The molecule has 0 spiro atoms. The van der Waals surface area contributed by atoms with Gasteiger partial charge in [0.25, 0.3) is 0 Å². The lowest BCUT2D eigenvalue weighted by Gasteiger charge is -1.98. The maximum absolute atomic E-state index is 10.3. The van der Waals surface area contributed by atoms with Gasteiger partial charge < -0.3 is 15.9 Å². The maximum Gasteiger partial charge on any atom is 0.335 e. The highest BCUT2D eigenvalue weighted by molar-refractivity contribution is 6.15. The van der Waals surface area contributed by atoms with Gasteiger partial charge in [0.2, 0.25) is 0 Å². The fourth-order valence-electron chi connectivity index (χ4n) is 0.688. The number of anilines is 1. The van der Waals surface area contributed by atoms with Gasteiger partial charge in [0.05, 0.1) is 11.3 Å². The number of hydrogen-bond acceptors (Lipinski definition) is 3. The SMILES string of the molecule is CCl.Nc1cc(C(=O)O)ccc1O. The lowest BCUT2D eigenvalue weighted by molar-refractivity contribution is 0.0697. The van der Waals surface area contributed by atoms with Gasteiger partial charge in [-0.05, 0) is 18.2 Å². The molecular weight excluding hydrogens is 194 g/mol. The summed E-state index contributed by atoms with van der Waals surface area (Å²) in [7, 11) is 0. The number of nitrogens with two attached hydrogens (primary N) is 1. The lowest BCUT2D eigenvalue weighted by Crippen LogP contribution is -1.97. The number of phenols is 1. The predicted octanol–water partition coefficient (Wildman–Crippen LogP) is 1.53. The number of carbonyl (C=O) groups is 1. The van der Waals surface area contributed by atoms with Gasteiger partial charge in [-0.2, -0.15) is 0 Å². The molecule has 0 aromatic heterocycles. The molecule has 0 aliphatic rings. The van der Waals surface area contributed by atoms with Gasteiger partial charge >= 0.3 is 5.97 Å². The molecule has 1 aromatic rings. The van der Waals surface area contributed by atoms with Gasteiger partial charge in [-0.3, -0.25) is 0 Å². The van der Waals surface area contributed by atoms with Crippen LogP contribution in [0.5, 0.6) is 5.75 Å². The quantitative estimate of drug-likeness (QED) is 0.367. The minimum atomic E-state index is -1.06. The second kappa shape index (κ2) is 5.27. The van der Waals surface area contributed by atoms with Gasteiger partial charge in [0, 0.05) is 6.38 Å². The number of hydrogen-bond donors (Lipinski definition) is 3. The summed E-state index contributed by atoms with van der Waals surface area (Å²) in [4.78, 5) is 10.3. The van der Waals surface area contributed by atoms with Crippen molar-refractivity contribution in [3.05, 3.63) is 23.8 Å². The van der Waals surface area contributed by atoms with Gasteiger partial charge in [0.15, 0.2) is 0 Å². The van der Waals surface area contributed by atoms with E-state index >= 15 is 0 Å². The number of benzene rings is 1. The average Bonchev–Trinajstić information content (AvgIpc) is 2.13. The lowest BCUT2D eigenvalue weighted by atomic mass is 10.2. The monoisotopic (exact) mass is 203 g/mol. The summed E-state index contributed by atoms with van der Waals surface area (Å²) >= 11 is 4.64. The number of aromatic hydroxyl groups is 1. The molecule has 0 amide bonds. The van der Waals surface area contributed by atoms with E-state index in [1.807, 2.05) is 0 Å². The fourth-order valence-corrected chi connectivity index (χ4v) is 0.688. The zero-order valence-electron chi connectivity index (χ0n) is 6.99. The predicted molar refractivity (Wildman–Crippen MR) is 51.3 cm³/mol. The van der Waals surface area contributed by atoms with Crippen LogP contribution in [0.3, 0.4) is 0 Å². The zero-order valence-corrected chi connectivity index (χ0v) is 7.75. The number of phenolic OH excluding ortho intramolecular Hbond substituents is 1. The first-order valence-corrected chi connectivity index (χ1v) is 4.06. The standard InChI is InChI=1S/C7H7NO3.CH3Cl/c8-5-3-4(7(10)11)1-2-6(5)9;1-2/h1-3,9H,8H2,(H,10,11);1H3. The van der Waals surface area contributed by atoms with Crippen molar-refractivity contribution in [3.63, 3.8) is 0 Å². The van der Waals surface area contributed by atoms with Crippen LogP contribution in [0.25, 0.3) is 0 Å². The molecule has 0 aliphatic heterocycles. The molecule has 1 rings (SSSR count). The van der Waals surface area contributed by atoms with E-state index in [0.717, 1.165) is 0 Å². The molecule has 0 unspecified atom stereocenters. The molecule has 72 valence electrons. The molecule has 0 atom stereocenters. The summed E-state index contributed by atoms with van der Waals surface area (Å²) < 4.78 is 0. The maximum atomic E-state index is 10.3. The number of nitrogen functional groups attached to an aromatic ring is 1. The van der Waals surface area contributed by atoms with Crippen LogP contribution in [0, 0.1) is 0 Å². The Kier molecular flexibility index (Phi) is 4.69. The highest BCUT2D eigenvalue weighted by atomic mass is 35.5. The topological polar surface area (TPSA) is 83.6 Å². The Balaban J connectivity index is 0.000000671. The van der Waals surface area contributed by atoms with Crippen molar-refractivity contribution in [2.24, 2.45) is 0 Å². The highest BCUT2D eigenvalue weighted by Gasteiger charge is 2.04. The normalized spacial score (nSPS) is 8.46. The first-order chi connectivity index (χ1) is 6.11. The Morgan fingerprint density at radius 2 is 2.00 bits per heavy atom. The van der Waals surface area contributed by atoms with Gasteiger partial charge in [0.1, 0.15) is 5.75 Å². The highest BCUT2D eigenvalue weighted by Crippen LogP contribution is 2.19. The second-order valence-electron chi connectivity index (χ2n) is 2.08. The minimum absolute atomic E-state index is 0.0697. The van der Waals surface area contributed by atoms with Crippen molar-refractivity contribution >= 4 is 23.3 Å². The summed E-state index contributed by atoms with van der Waals surface area (Å²) in [5, 5.41) is 17.4. The van der Waals surface area contributed by atoms with Gasteiger partial charge in [-0.15, -0.1) is 11.6 Å². The first kappa shape index (κ1) is 11.6. The second-order valence-corrected chi connectivity index (χ2v) is 2.08. The molecule has 0 radical (unpaired) electrons. The fraction of sp³-hybridized carbons (Fsp3) is 0.125. The number of halogens is 1. The summed E-state index contributed by atoms with van der Waals surface area (Å²) in [6.07, 6.45) is 1.47. The van der Waals surface area contributed by atoms with E-state index in [1.165, 1.54) is 24.6 Å². The molecule has 5 heteroatoms. The average molecular weight is 204 g/mol. The third kappa shape index (κ3) is 3.21. The van der Waals surface area contributed by atoms with Gasteiger partial charge in [-0.1, -0.05) is 0 Å². The Morgan fingerprint density at radius 3 is 2.38 bits per heavy atom. The van der Waals surface area contributed by atoms with Crippen molar-refractivity contribution in [1.82, 2.24) is 0 Å². The van der Waals surface area contributed by atoms with E-state index in [9.17, 15) is 4.79 Å².